The van der Waals surface area contributed by atoms with E-state index >= 15 is 0 Å². The maximum Gasteiger partial charge on any atom is 0.0590 e. The first-order valence-corrected chi connectivity index (χ1v) is 7.89. The van der Waals surface area contributed by atoms with Gasteiger partial charge in [-0.1, -0.05) is 6.92 Å². The fourth-order valence-corrected chi connectivity index (χ4v) is 2.46. The number of hydrogen-bond acceptors (Lipinski definition) is 3. The second kappa shape index (κ2) is 7.41. The van der Waals surface area contributed by atoms with Gasteiger partial charge in [-0.15, -0.1) is 0 Å². The van der Waals surface area contributed by atoms with E-state index in [9.17, 15) is 4.21 Å². The quantitative estimate of drug-likeness (QED) is 0.744. The number of ether oxygens (including phenoxy) is 1. The highest BCUT2D eigenvalue weighted by Gasteiger charge is 2.18. The Morgan fingerprint density at radius 2 is 2.25 bits per heavy atom. The molecule has 0 aromatic carbocycles. The summed E-state index contributed by atoms with van der Waals surface area (Å²) >= 11 is 0. The molecule has 1 fully saturated rings. The Balaban J connectivity index is 2.05. The third-order valence-corrected chi connectivity index (χ3v) is 4.62. The van der Waals surface area contributed by atoms with Crippen molar-refractivity contribution in [3.8, 4) is 0 Å². The molecule has 0 spiro atoms. The molecule has 0 aromatic heterocycles. The minimum absolute atomic E-state index is 0.294. The molecule has 0 amide bonds. The maximum absolute atomic E-state index is 11.2. The van der Waals surface area contributed by atoms with Crippen molar-refractivity contribution < 1.29 is 8.95 Å². The summed E-state index contributed by atoms with van der Waals surface area (Å²) < 4.78 is 16.8. The molecule has 3 nitrogen and oxygen atoms in total. The number of nitrogens with one attached hydrogen (secondary N) is 1. The molecule has 1 aliphatic heterocycles. The molecule has 0 aliphatic carbocycles. The van der Waals surface area contributed by atoms with E-state index in [4.69, 9.17) is 4.74 Å². The predicted molar refractivity (Wildman–Crippen MR) is 69.2 cm³/mol. The lowest BCUT2D eigenvalue weighted by Crippen LogP contribution is -2.32. The Labute approximate surface area is 102 Å². The summed E-state index contributed by atoms with van der Waals surface area (Å²) in [4.78, 5) is 0. The third-order valence-electron chi connectivity index (χ3n) is 3.25. The minimum Gasteiger partial charge on any atom is -0.378 e. The van der Waals surface area contributed by atoms with Crippen molar-refractivity contribution in [2.24, 2.45) is 0 Å². The van der Waals surface area contributed by atoms with Crippen LogP contribution < -0.4 is 5.32 Å². The van der Waals surface area contributed by atoms with Gasteiger partial charge in [0, 0.05) is 35.0 Å². The lowest BCUT2D eigenvalue weighted by atomic mass is 10.1. The van der Waals surface area contributed by atoms with Gasteiger partial charge in [-0.05, 0) is 39.2 Å². The molecule has 0 bridgehead atoms. The summed E-state index contributed by atoms with van der Waals surface area (Å²) in [5.41, 5.74) is 0. The first-order chi connectivity index (χ1) is 7.59. The maximum atomic E-state index is 11.2. The Kier molecular flexibility index (Phi) is 6.54. The van der Waals surface area contributed by atoms with Gasteiger partial charge in [0.1, 0.15) is 0 Å². The van der Waals surface area contributed by atoms with Gasteiger partial charge in [-0.3, -0.25) is 4.21 Å². The van der Waals surface area contributed by atoms with Crippen LogP contribution in [0.5, 0.6) is 0 Å². The van der Waals surface area contributed by atoms with E-state index in [0.717, 1.165) is 26.0 Å². The molecule has 1 heterocycles. The molecule has 0 aromatic rings. The van der Waals surface area contributed by atoms with Gasteiger partial charge in [0.25, 0.3) is 0 Å². The van der Waals surface area contributed by atoms with Gasteiger partial charge in [0.2, 0.25) is 0 Å². The molecule has 1 rings (SSSR count). The Bertz CT molecular complexity index is 217. The van der Waals surface area contributed by atoms with E-state index in [1.807, 2.05) is 6.92 Å². The fraction of sp³-hybridized carbons (Fsp3) is 1.00. The van der Waals surface area contributed by atoms with Crippen LogP contribution in [-0.2, 0) is 15.5 Å². The van der Waals surface area contributed by atoms with E-state index in [1.165, 1.54) is 12.8 Å². The molecule has 0 radical (unpaired) electrons. The van der Waals surface area contributed by atoms with Gasteiger partial charge in [-0.2, -0.15) is 0 Å². The molecule has 4 atom stereocenters. The predicted octanol–water partition coefficient (Wildman–Crippen LogP) is 1.69. The molecule has 96 valence electrons. The van der Waals surface area contributed by atoms with Gasteiger partial charge >= 0.3 is 0 Å². The zero-order valence-electron chi connectivity index (χ0n) is 10.7. The van der Waals surface area contributed by atoms with Crippen LogP contribution in [0.25, 0.3) is 0 Å². The molecule has 0 saturated carbocycles. The summed E-state index contributed by atoms with van der Waals surface area (Å²) in [6, 6.07) is 0.501. The van der Waals surface area contributed by atoms with Gasteiger partial charge in [0.05, 0.1) is 6.10 Å². The van der Waals surface area contributed by atoms with Crippen molar-refractivity contribution in [3.63, 3.8) is 0 Å². The van der Waals surface area contributed by atoms with Gasteiger partial charge < -0.3 is 10.1 Å². The molecule has 1 aliphatic rings. The topological polar surface area (TPSA) is 38.3 Å². The molecular weight excluding hydrogens is 222 g/mol. The zero-order valence-corrected chi connectivity index (χ0v) is 11.5. The van der Waals surface area contributed by atoms with Crippen molar-refractivity contribution in [3.05, 3.63) is 0 Å². The average Bonchev–Trinajstić information content (AvgIpc) is 2.70. The molecule has 16 heavy (non-hydrogen) atoms. The largest absolute Gasteiger partial charge is 0.378 e. The van der Waals surface area contributed by atoms with E-state index in [2.05, 4.69) is 12.2 Å². The lowest BCUT2D eigenvalue weighted by molar-refractivity contribution is 0.0963. The van der Waals surface area contributed by atoms with Crippen LogP contribution in [0.1, 0.15) is 39.5 Å². The minimum atomic E-state index is -0.694. The zero-order chi connectivity index (χ0) is 12.0. The van der Waals surface area contributed by atoms with Crippen molar-refractivity contribution >= 4 is 10.8 Å². The van der Waals surface area contributed by atoms with E-state index in [0.29, 0.717) is 17.4 Å². The monoisotopic (exact) mass is 247 g/mol. The summed E-state index contributed by atoms with van der Waals surface area (Å²) in [6.07, 6.45) is 6.74. The van der Waals surface area contributed by atoms with Crippen molar-refractivity contribution in [1.29, 1.82) is 0 Å². The third kappa shape index (κ3) is 5.41. The van der Waals surface area contributed by atoms with Crippen LogP contribution >= 0.6 is 0 Å². The number of rotatable bonds is 7. The summed E-state index contributed by atoms with van der Waals surface area (Å²) in [5, 5.41) is 3.77. The van der Waals surface area contributed by atoms with E-state index < -0.39 is 10.8 Å². The lowest BCUT2D eigenvalue weighted by Gasteiger charge is -2.18. The smallest absolute Gasteiger partial charge is 0.0590 e. The molecular formula is C12H25NO2S. The van der Waals surface area contributed by atoms with E-state index in [1.54, 1.807) is 6.26 Å². The molecule has 1 saturated heterocycles. The molecule has 4 unspecified atom stereocenters. The first-order valence-electron chi connectivity index (χ1n) is 6.26. The Hall–Kier alpha value is 0.0700. The van der Waals surface area contributed by atoms with Crippen LogP contribution in [0.15, 0.2) is 0 Å². The van der Waals surface area contributed by atoms with Crippen molar-refractivity contribution in [2.75, 3.05) is 19.4 Å². The summed E-state index contributed by atoms with van der Waals surface area (Å²) in [7, 11) is -0.694. The van der Waals surface area contributed by atoms with Gasteiger partial charge in [-0.25, -0.2) is 0 Å². The second-order valence-electron chi connectivity index (χ2n) is 4.82. The average molecular weight is 247 g/mol. The summed E-state index contributed by atoms with van der Waals surface area (Å²) in [6.45, 7) is 6.13. The second-order valence-corrected chi connectivity index (χ2v) is 6.63. The van der Waals surface area contributed by atoms with Crippen LogP contribution in [0.3, 0.4) is 0 Å². The van der Waals surface area contributed by atoms with E-state index in [-0.39, 0.29) is 0 Å². The van der Waals surface area contributed by atoms with Crippen LogP contribution in [0.2, 0.25) is 0 Å². The normalized spacial score (nSPS) is 26.6. The van der Waals surface area contributed by atoms with Crippen LogP contribution in [-0.4, -0.2) is 41.0 Å². The van der Waals surface area contributed by atoms with Crippen LogP contribution in [0.4, 0.5) is 0 Å². The highest BCUT2D eigenvalue weighted by Crippen LogP contribution is 2.16. The molecule has 1 N–H and O–H groups in total. The van der Waals surface area contributed by atoms with Crippen molar-refractivity contribution in [2.45, 2.75) is 56.9 Å². The van der Waals surface area contributed by atoms with Crippen molar-refractivity contribution in [1.82, 2.24) is 5.32 Å². The first kappa shape index (κ1) is 14.1. The highest BCUT2D eigenvalue weighted by molar-refractivity contribution is 7.84. The Morgan fingerprint density at radius 3 is 2.81 bits per heavy atom. The van der Waals surface area contributed by atoms with Crippen LogP contribution in [0, 0.1) is 0 Å². The molecule has 4 heteroatoms. The Morgan fingerprint density at radius 1 is 1.50 bits per heavy atom. The standard InChI is InChI=1S/C12H25NO2S/c1-10(9-12-5-4-8-15-12)13-7-6-11(2)16(3)14/h10-13H,4-9H2,1-3H3. The van der Waals surface area contributed by atoms with Gasteiger partial charge in [0.15, 0.2) is 0 Å². The highest BCUT2D eigenvalue weighted by atomic mass is 32.2. The fourth-order valence-electron chi connectivity index (χ4n) is 2.01. The SMILES string of the molecule is CC(CC1CCCO1)NCCC(C)S(C)=O. The number of hydrogen-bond donors (Lipinski definition) is 1. The summed E-state index contributed by atoms with van der Waals surface area (Å²) in [5.74, 6) is 0.